The van der Waals surface area contributed by atoms with Crippen LogP contribution in [0.25, 0.3) is 0 Å². The Morgan fingerprint density at radius 2 is 1.45 bits per heavy atom. The SMILES string of the molecule is O=S(=O)(Nc1ccc(Br)cc1)c1c(F)cc(F)cc1F. The Morgan fingerprint density at radius 1 is 0.950 bits per heavy atom. The van der Waals surface area contributed by atoms with Crippen LogP contribution >= 0.6 is 15.9 Å². The van der Waals surface area contributed by atoms with Gasteiger partial charge in [-0.2, -0.15) is 0 Å². The molecule has 0 saturated carbocycles. The summed E-state index contributed by atoms with van der Waals surface area (Å²) < 4.78 is 66.2. The predicted molar refractivity (Wildman–Crippen MR) is 71.3 cm³/mol. The summed E-state index contributed by atoms with van der Waals surface area (Å²) >= 11 is 3.16. The van der Waals surface area contributed by atoms with E-state index in [1.807, 2.05) is 4.72 Å². The maximum Gasteiger partial charge on any atom is 0.267 e. The minimum absolute atomic E-state index is 0.122. The molecule has 8 heteroatoms. The lowest BCUT2D eigenvalue weighted by Gasteiger charge is -2.10. The summed E-state index contributed by atoms with van der Waals surface area (Å²) in [6.45, 7) is 0. The molecule has 0 radical (unpaired) electrons. The molecule has 0 aliphatic heterocycles. The highest BCUT2D eigenvalue weighted by atomic mass is 79.9. The average molecular weight is 366 g/mol. The average Bonchev–Trinajstić information content (AvgIpc) is 2.30. The second-order valence-electron chi connectivity index (χ2n) is 3.81. The lowest BCUT2D eigenvalue weighted by atomic mass is 10.3. The van der Waals surface area contributed by atoms with Gasteiger partial charge in [-0.25, -0.2) is 21.6 Å². The molecule has 1 N–H and O–H groups in total. The van der Waals surface area contributed by atoms with Crippen molar-refractivity contribution in [3.63, 3.8) is 0 Å². The zero-order valence-corrected chi connectivity index (χ0v) is 12.1. The van der Waals surface area contributed by atoms with Crippen LogP contribution in [-0.4, -0.2) is 8.42 Å². The summed E-state index contributed by atoms with van der Waals surface area (Å²) in [6, 6.07) is 6.52. The molecule has 106 valence electrons. The number of hydrogen-bond acceptors (Lipinski definition) is 2. The number of anilines is 1. The van der Waals surface area contributed by atoms with Crippen LogP contribution in [-0.2, 0) is 10.0 Å². The molecule has 0 saturated heterocycles. The first-order valence-electron chi connectivity index (χ1n) is 5.22. The van der Waals surface area contributed by atoms with Crippen LogP contribution in [0.15, 0.2) is 45.8 Å². The standard InChI is InChI=1S/C12H7BrF3NO2S/c13-7-1-3-9(4-2-7)17-20(18,19)12-10(15)5-8(14)6-11(12)16/h1-6,17H. The molecule has 0 aliphatic rings. The summed E-state index contributed by atoms with van der Waals surface area (Å²) in [5.74, 6) is -4.18. The highest BCUT2D eigenvalue weighted by Crippen LogP contribution is 2.23. The Morgan fingerprint density at radius 3 is 1.95 bits per heavy atom. The summed E-state index contributed by atoms with van der Waals surface area (Å²) in [5, 5.41) is 0. The van der Waals surface area contributed by atoms with Gasteiger partial charge >= 0.3 is 0 Å². The molecule has 2 aromatic rings. The van der Waals surface area contributed by atoms with E-state index in [0.29, 0.717) is 16.6 Å². The highest BCUT2D eigenvalue weighted by Gasteiger charge is 2.25. The van der Waals surface area contributed by atoms with Crippen molar-refractivity contribution in [3.05, 3.63) is 58.3 Å². The summed E-state index contributed by atoms with van der Waals surface area (Å²) in [7, 11) is -4.49. The van der Waals surface area contributed by atoms with Crippen molar-refractivity contribution in [1.29, 1.82) is 0 Å². The van der Waals surface area contributed by atoms with Crippen molar-refractivity contribution in [2.45, 2.75) is 4.90 Å². The molecule has 0 bridgehead atoms. The van der Waals surface area contributed by atoms with Crippen LogP contribution in [0.2, 0.25) is 0 Å². The number of sulfonamides is 1. The van der Waals surface area contributed by atoms with Gasteiger partial charge in [0.05, 0.1) is 0 Å². The molecular weight excluding hydrogens is 359 g/mol. The smallest absolute Gasteiger partial charge is 0.267 e. The normalized spacial score (nSPS) is 11.4. The first-order chi connectivity index (χ1) is 9.29. The van der Waals surface area contributed by atoms with Crippen LogP contribution in [0.5, 0.6) is 0 Å². The molecule has 0 heterocycles. The first kappa shape index (κ1) is 14.9. The first-order valence-corrected chi connectivity index (χ1v) is 7.50. The number of halogens is 4. The molecule has 0 aliphatic carbocycles. The molecule has 0 atom stereocenters. The van der Waals surface area contributed by atoms with Crippen LogP contribution in [0.1, 0.15) is 0 Å². The van der Waals surface area contributed by atoms with E-state index in [1.54, 1.807) is 12.1 Å². The molecule has 0 unspecified atom stereocenters. The fraction of sp³-hybridized carbons (Fsp3) is 0. The Hall–Kier alpha value is -1.54. The number of rotatable bonds is 3. The quantitative estimate of drug-likeness (QED) is 0.901. The van der Waals surface area contributed by atoms with Crippen LogP contribution in [0.3, 0.4) is 0 Å². The summed E-state index contributed by atoms with van der Waals surface area (Å²) in [6.07, 6.45) is 0. The summed E-state index contributed by atoms with van der Waals surface area (Å²) in [4.78, 5) is -1.22. The van der Waals surface area contributed by atoms with Gasteiger partial charge in [-0.3, -0.25) is 4.72 Å². The van der Waals surface area contributed by atoms with Crippen molar-refractivity contribution in [2.24, 2.45) is 0 Å². The van der Waals surface area contributed by atoms with Crippen molar-refractivity contribution < 1.29 is 21.6 Å². The van der Waals surface area contributed by atoms with Crippen LogP contribution < -0.4 is 4.72 Å². The van der Waals surface area contributed by atoms with Crippen molar-refractivity contribution in [3.8, 4) is 0 Å². The fourth-order valence-electron chi connectivity index (χ4n) is 1.51. The van der Waals surface area contributed by atoms with Gasteiger partial charge in [0.25, 0.3) is 10.0 Å². The molecule has 0 fully saturated rings. The third-order valence-corrected chi connectivity index (χ3v) is 4.29. The van der Waals surface area contributed by atoms with E-state index < -0.39 is 32.4 Å². The van der Waals surface area contributed by atoms with E-state index in [4.69, 9.17) is 0 Å². The van der Waals surface area contributed by atoms with Crippen LogP contribution in [0, 0.1) is 17.5 Å². The zero-order chi connectivity index (χ0) is 14.9. The van der Waals surface area contributed by atoms with Gasteiger partial charge in [0.15, 0.2) is 4.90 Å². The maximum absolute atomic E-state index is 13.5. The van der Waals surface area contributed by atoms with E-state index in [9.17, 15) is 21.6 Å². The van der Waals surface area contributed by atoms with E-state index in [0.717, 1.165) is 0 Å². The predicted octanol–water partition coefficient (Wildman–Crippen LogP) is 3.67. The van der Waals surface area contributed by atoms with E-state index >= 15 is 0 Å². The molecule has 0 amide bonds. The van der Waals surface area contributed by atoms with Gasteiger partial charge in [-0.1, -0.05) is 15.9 Å². The molecule has 3 nitrogen and oxygen atoms in total. The molecule has 0 spiro atoms. The minimum Gasteiger partial charge on any atom is -0.279 e. The number of nitrogens with one attached hydrogen (secondary N) is 1. The number of benzene rings is 2. The third kappa shape index (κ3) is 3.13. The molecule has 0 aromatic heterocycles. The van der Waals surface area contributed by atoms with Crippen molar-refractivity contribution >= 4 is 31.6 Å². The molecule has 20 heavy (non-hydrogen) atoms. The van der Waals surface area contributed by atoms with Gasteiger partial charge in [0.2, 0.25) is 0 Å². The lowest BCUT2D eigenvalue weighted by Crippen LogP contribution is -2.16. The Bertz CT molecular complexity index is 725. The maximum atomic E-state index is 13.5. The zero-order valence-electron chi connectivity index (χ0n) is 9.70. The van der Waals surface area contributed by atoms with E-state index in [2.05, 4.69) is 15.9 Å². The largest absolute Gasteiger partial charge is 0.279 e. The molecular formula is C12H7BrF3NO2S. The Balaban J connectivity index is 2.43. The van der Waals surface area contributed by atoms with Crippen molar-refractivity contribution in [2.75, 3.05) is 4.72 Å². The van der Waals surface area contributed by atoms with Crippen molar-refractivity contribution in [1.82, 2.24) is 0 Å². The molecule has 2 aromatic carbocycles. The lowest BCUT2D eigenvalue weighted by molar-refractivity contribution is 0.498. The van der Waals surface area contributed by atoms with Gasteiger partial charge in [0.1, 0.15) is 17.5 Å². The topological polar surface area (TPSA) is 46.2 Å². The van der Waals surface area contributed by atoms with E-state index in [1.165, 1.54) is 12.1 Å². The Kier molecular flexibility index (Phi) is 4.05. The van der Waals surface area contributed by atoms with Gasteiger partial charge in [-0.15, -0.1) is 0 Å². The molecule has 2 rings (SSSR count). The minimum atomic E-state index is -4.49. The summed E-state index contributed by atoms with van der Waals surface area (Å²) in [5.41, 5.74) is 0.122. The van der Waals surface area contributed by atoms with Gasteiger partial charge < -0.3 is 0 Å². The van der Waals surface area contributed by atoms with E-state index in [-0.39, 0.29) is 5.69 Å². The second kappa shape index (κ2) is 5.45. The Labute approximate surface area is 121 Å². The number of hydrogen-bond donors (Lipinski definition) is 1. The second-order valence-corrected chi connectivity index (χ2v) is 6.35. The monoisotopic (exact) mass is 365 g/mol. The van der Waals surface area contributed by atoms with Gasteiger partial charge in [0, 0.05) is 22.3 Å². The fourth-order valence-corrected chi connectivity index (χ4v) is 2.95. The van der Waals surface area contributed by atoms with Crippen LogP contribution in [0.4, 0.5) is 18.9 Å². The van der Waals surface area contributed by atoms with Gasteiger partial charge in [-0.05, 0) is 24.3 Å². The third-order valence-electron chi connectivity index (χ3n) is 2.33. The highest BCUT2D eigenvalue weighted by molar-refractivity contribution is 9.10.